The molecule has 5 nitrogen and oxygen atoms in total. The van der Waals surface area contributed by atoms with Crippen LogP contribution in [0.4, 0.5) is 0 Å². The van der Waals surface area contributed by atoms with Gasteiger partial charge in [0.05, 0.1) is 4.47 Å². The van der Waals surface area contributed by atoms with Crippen molar-refractivity contribution in [2.75, 3.05) is 6.54 Å². The number of hydrogen-bond donors (Lipinski definition) is 2. The molecule has 0 aliphatic rings. The molecule has 0 fully saturated rings. The zero-order chi connectivity index (χ0) is 21.3. The molecule has 3 aromatic carbocycles. The SMILES string of the molecule is CCNC(=O)c1ccc(CNC(=O)C(Oc2ccccc2Br)c2ccccc2)cc1. The molecule has 154 valence electrons. The van der Waals surface area contributed by atoms with E-state index in [9.17, 15) is 9.59 Å². The van der Waals surface area contributed by atoms with Crippen LogP contribution in [0.2, 0.25) is 0 Å². The van der Waals surface area contributed by atoms with Crippen molar-refractivity contribution in [1.29, 1.82) is 0 Å². The van der Waals surface area contributed by atoms with E-state index < -0.39 is 6.10 Å². The molecule has 1 atom stereocenters. The average Bonchev–Trinajstić information content (AvgIpc) is 2.78. The fraction of sp³-hybridized carbons (Fsp3) is 0.167. The van der Waals surface area contributed by atoms with Gasteiger partial charge in [-0.25, -0.2) is 0 Å². The summed E-state index contributed by atoms with van der Waals surface area (Å²) in [5.41, 5.74) is 2.24. The number of benzene rings is 3. The van der Waals surface area contributed by atoms with Gasteiger partial charge in [0.15, 0.2) is 0 Å². The van der Waals surface area contributed by atoms with Crippen LogP contribution < -0.4 is 15.4 Å². The minimum absolute atomic E-state index is 0.112. The molecule has 0 radical (unpaired) electrons. The minimum atomic E-state index is -0.792. The zero-order valence-corrected chi connectivity index (χ0v) is 18.2. The van der Waals surface area contributed by atoms with Crippen molar-refractivity contribution in [3.05, 3.63) is 100 Å². The van der Waals surface area contributed by atoms with Crippen LogP contribution in [0.3, 0.4) is 0 Å². The maximum atomic E-state index is 13.0. The lowest BCUT2D eigenvalue weighted by atomic mass is 10.1. The number of rotatable bonds is 8. The molecule has 0 aromatic heterocycles. The lowest BCUT2D eigenvalue weighted by Crippen LogP contribution is -2.32. The molecule has 2 N–H and O–H groups in total. The molecule has 2 amide bonds. The van der Waals surface area contributed by atoms with Gasteiger partial charge in [0, 0.05) is 24.2 Å². The van der Waals surface area contributed by atoms with Crippen molar-refractivity contribution in [3.8, 4) is 5.75 Å². The summed E-state index contributed by atoms with van der Waals surface area (Å²) in [4.78, 5) is 24.8. The van der Waals surface area contributed by atoms with Crippen LogP contribution in [-0.4, -0.2) is 18.4 Å². The van der Waals surface area contributed by atoms with Gasteiger partial charge >= 0.3 is 0 Å². The quantitative estimate of drug-likeness (QED) is 0.508. The summed E-state index contributed by atoms with van der Waals surface area (Å²) < 4.78 is 6.82. The molecule has 0 spiro atoms. The number of ether oxygens (including phenoxy) is 1. The second kappa shape index (κ2) is 10.6. The molecule has 30 heavy (non-hydrogen) atoms. The van der Waals surface area contributed by atoms with Crippen molar-refractivity contribution in [2.45, 2.75) is 19.6 Å². The van der Waals surface area contributed by atoms with Crippen molar-refractivity contribution in [2.24, 2.45) is 0 Å². The number of carbonyl (C=O) groups excluding carboxylic acids is 2. The van der Waals surface area contributed by atoms with Gasteiger partial charge in [0.1, 0.15) is 5.75 Å². The van der Waals surface area contributed by atoms with Gasteiger partial charge in [-0.15, -0.1) is 0 Å². The van der Waals surface area contributed by atoms with Gasteiger partial charge in [0.2, 0.25) is 6.10 Å². The molecule has 6 heteroatoms. The molecular formula is C24H23BrN2O3. The van der Waals surface area contributed by atoms with Gasteiger partial charge in [-0.2, -0.15) is 0 Å². The first-order valence-electron chi connectivity index (χ1n) is 9.69. The predicted molar refractivity (Wildman–Crippen MR) is 120 cm³/mol. The second-order valence-corrected chi connectivity index (χ2v) is 7.47. The van der Waals surface area contributed by atoms with E-state index in [1.54, 1.807) is 12.1 Å². The second-order valence-electron chi connectivity index (χ2n) is 6.61. The molecule has 0 bridgehead atoms. The van der Waals surface area contributed by atoms with Crippen molar-refractivity contribution in [1.82, 2.24) is 10.6 Å². The molecule has 3 aromatic rings. The fourth-order valence-electron chi connectivity index (χ4n) is 2.89. The predicted octanol–water partition coefficient (Wildman–Crippen LogP) is 4.64. The number of para-hydroxylation sites is 1. The van der Waals surface area contributed by atoms with Crippen LogP contribution >= 0.6 is 15.9 Å². The van der Waals surface area contributed by atoms with Crippen LogP contribution in [0.15, 0.2) is 83.3 Å². The first kappa shape index (κ1) is 21.6. The van der Waals surface area contributed by atoms with E-state index >= 15 is 0 Å². The summed E-state index contributed by atoms with van der Waals surface area (Å²) in [6, 6.07) is 24.0. The Morgan fingerprint density at radius 1 is 0.900 bits per heavy atom. The highest BCUT2D eigenvalue weighted by atomic mass is 79.9. The van der Waals surface area contributed by atoms with E-state index in [-0.39, 0.29) is 11.8 Å². The third-order valence-corrected chi connectivity index (χ3v) is 5.10. The molecule has 3 rings (SSSR count). The minimum Gasteiger partial charge on any atom is -0.475 e. The van der Waals surface area contributed by atoms with Crippen LogP contribution in [0.25, 0.3) is 0 Å². The highest BCUT2D eigenvalue weighted by Crippen LogP contribution is 2.29. The van der Waals surface area contributed by atoms with Crippen molar-refractivity contribution < 1.29 is 14.3 Å². The topological polar surface area (TPSA) is 67.4 Å². The molecule has 0 heterocycles. The van der Waals surface area contributed by atoms with Gasteiger partial charge in [-0.05, 0) is 52.7 Å². The number of hydrogen-bond acceptors (Lipinski definition) is 3. The monoisotopic (exact) mass is 466 g/mol. The smallest absolute Gasteiger partial charge is 0.266 e. The zero-order valence-electron chi connectivity index (χ0n) is 16.6. The Labute approximate surface area is 184 Å². The highest BCUT2D eigenvalue weighted by Gasteiger charge is 2.23. The van der Waals surface area contributed by atoms with E-state index in [0.717, 1.165) is 15.6 Å². The van der Waals surface area contributed by atoms with Crippen LogP contribution in [0.1, 0.15) is 34.5 Å². The Hall–Kier alpha value is -3.12. The Balaban J connectivity index is 1.71. The third-order valence-electron chi connectivity index (χ3n) is 4.44. The van der Waals surface area contributed by atoms with E-state index in [0.29, 0.717) is 24.4 Å². The van der Waals surface area contributed by atoms with Gasteiger partial charge in [-0.1, -0.05) is 54.6 Å². The molecule has 0 aliphatic carbocycles. The molecule has 0 aliphatic heterocycles. The third kappa shape index (κ3) is 5.70. The van der Waals surface area contributed by atoms with Gasteiger partial charge in [-0.3, -0.25) is 9.59 Å². The Morgan fingerprint density at radius 3 is 2.23 bits per heavy atom. The van der Waals surface area contributed by atoms with E-state index in [2.05, 4.69) is 26.6 Å². The maximum absolute atomic E-state index is 13.0. The van der Waals surface area contributed by atoms with E-state index in [4.69, 9.17) is 4.74 Å². The summed E-state index contributed by atoms with van der Waals surface area (Å²) in [5, 5.41) is 5.69. The lowest BCUT2D eigenvalue weighted by molar-refractivity contribution is -0.128. The largest absolute Gasteiger partial charge is 0.475 e. The standard InChI is InChI=1S/C24H23BrN2O3/c1-2-26-23(28)19-14-12-17(13-15-19)16-27-24(29)22(18-8-4-3-5-9-18)30-21-11-7-6-10-20(21)25/h3-15,22H,2,16H2,1H3,(H,26,28)(H,27,29). The summed E-state index contributed by atoms with van der Waals surface area (Å²) >= 11 is 3.46. The normalized spacial score (nSPS) is 11.4. The van der Waals surface area contributed by atoms with E-state index in [1.165, 1.54) is 0 Å². The van der Waals surface area contributed by atoms with Crippen LogP contribution in [-0.2, 0) is 11.3 Å². The highest BCUT2D eigenvalue weighted by molar-refractivity contribution is 9.10. The fourth-order valence-corrected chi connectivity index (χ4v) is 3.26. The number of carbonyl (C=O) groups is 2. The van der Waals surface area contributed by atoms with Crippen LogP contribution in [0, 0.1) is 0 Å². The van der Waals surface area contributed by atoms with Gasteiger partial charge < -0.3 is 15.4 Å². The average molecular weight is 467 g/mol. The summed E-state index contributed by atoms with van der Waals surface area (Å²) in [6.45, 7) is 2.78. The Morgan fingerprint density at radius 2 is 1.57 bits per heavy atom. The van der Waals surface area contributed by atoms with Crippen molar-refractivity contribution in [3.63, 3.8) is 0 Å². The summed E-state index contributed by atoms with van der Waals surface area (Å²) in [6.07, 6.45) is -0.792. The molecular weight excluding hydrogens is 444 g/mol. The summed E-state index contributed by atoms with van der Waals surface area (Å²) in [5.74, 6) is 0.233. The number of nitrogens with one attached hydrogen (secondary N) is 2. The van der Waals surface area contributed by atoms with Crippen LogP contribution in [0.5, 0.6) is 5.75 Å². The maximum Gasteiger partial charge on any atom is 0.266 e. The first-order valence-corrected chi connectivity index (χ1v) is 10.5. The Bertz CT molecular complexity index is 991. The first-order chi connectivity index (χ1) is 14.6. The van der Waals surface area contributed by atoms with E-state index in [1.807, 2.05) is 73.7 Å². The van der Waals surface area contributed by atoms with Gasteiger partial charge in [0.25, 0.3) is 11.8 Å². The molecule has 0 saturated carbocycles. The summed E-state index contributed by atoms with van der Waals surface area (Å²) in [7, 11) is 0. The number of amides is 2. The number of halogens is 1. The van der Waals surface area contributed by atoms with Crippen molar-refractivity contribution >= 4 is 27.7 Å². The molecule has 0 saturated heterocycles. The molecule has 1 unspecified atom stereocenters. The Kier molecular flexibility index (Phi) is 7.63. The lowest BCUT2D eigenvalue weighted by Gasteiger charge is -2.20.